The van der Waals surface area contributed by atoms with Gasteiger partial charge in [0, 0.05) is 22.7 Å². The smallest absolute Gasteiger partial charge is 0.250 e. The van der Waals surface area contributed by atoms with E-state index in [9.17, 15) is 17.2 Å². The van der Waals surface area contributed by atoms with E-state index in [0.29, 0.717) is 5.69 Å². The van der Waals surface area contributed by atoms with Gasteiger partial charge in [0.05, 0.1) is 0 Å². The molecule has 1 unspecified atom stereocenters. The van der Waals surface area contributed by atoms with Crippen LogP contribution >= 0.6 is 11.3 Å². The highest BCUT2D eigenvalue weighted by molar-refractivity contribution is 7.91. The third-order valence-corrected chi connectivity index (χ3v) is 5.84. The highest BCUT2D eigenvalue weighted by Crippen LogP contribution is 2.22. The van der Waals surface area contributed by atoms with E-state index in [1.54, 1.807) is 6.92 Å². The first-order valence-electron chi connectivity index (χ1n) is 6.09. The highest BCUT2D eigenvalue weighted by atomic mass is 32.2. The lowest BCUT2D eigenvalue weighted by molar-refractivity contribution is 0.523. The molecule has 1 aromatic heterocycles. The number of hydrogen-bond donors (Lipinski definition) is 2. The Bertz CT molecular complexity index is 724. The molecule has 2 rings (SSSR count). The molecule has 0 amide bonds. The highest BCUT2D eigenvalue weighted by Gasteiger charge is 2.21. The van der Waals surface area contributed by atoms with Crippen molar-refractivity contribution in [3.8, 4) is 0 Å². The summed E-state index contributed by atoms with van der Waals surface area (Å²) in [6.45, 7) is 1.54. The molecule has 8 heteroatoms. The van der Waals surface area contributed by atoms with E-state index in [4.69, 9.17) is 5.73 Å². The number of nitrogens with two attached hydrogens (primary N) is 1. The number of nitrogen functional groups attached to an aromatic ring is 1. The zero-order valence-corrected chi connectivity index (χ0v) is 12.8. The molecule has 0 fully saturated rings. The van der Waals surface area contributed by atoms with Crippen molar-refractivity contribution in [2.75, 3.05) is 5.73 Å². The first-order valence-corrected chi connectivity index (χ1v) is 8.45. The molecule has 0 saturated heterocycles. The molecule has 0 aliphatic carbocycles. The molecule has 0 spiro atoms. The summed E-state index contributed by atoms with van der Waals surface area (Å²) in [5, 5.41) is 1.51. The van der Waals surface area contributed by atoms with Gasteiger partial charge in [0.15, 0.2) is 0 Å². The van der Waals surface area contributed by atoms with E-state index >= 15 is 0 Å². The van der Waals surface area contributed by atoms with Gasteiger partial charge in [-0.15, -0.1) is 11.3 Å². The molecule has 1 atom stereocenters. The minimum absolute atomic E-state index is 0.0702. The average molecular weight is 332 g/mol. The quantitative estimate of drug-likeness (QED) is 0.884. The van der Waals surface area contributed by atoms with Gasteiger partial charge in [0.25, 0.3) is 0 Å². The van der Waals surface area contributed by atoms with Gasteiger partial charge in [-0.25, -0.2) is 21.9 Å². The Morgan fingerprint density at radius 3 is 2.48 bits per heavy atom. The van der Waals surface area contributed by atoms with Crippen LogP contribution in [0.4, 0.5) is 14.5 Å². The van der Waals surface area contributed by atoms with Gasteiger partial charge in [0.1, 0.15) is 15.8 Å². The number of anilines is 1. The Kier molecular flexibility index (Phi) is 4.60. The monoisotopic (exact) mass is 332 g/mol. The van der Waals surface area contributed by atoms with Gasteiger partial charge < -0.3 is 5.73 Å². The zero-order valence-electron chi connectivity index (χ0n) is 11.1. The molecule has 0 saturated carbocycles. The molecule has 1 heterocycles. The number of thiophene rings is 1. The van der Waals surface area contributed by atoms with E-state index in [1.165, 1.54) is 17.5 Å². The van der Waals surface area contributed by atoms with Crippen molar-refractivity contribution in [1.29, 1.82) is 0 Å². The fourth-order valence-electron chi connectivity index (χ4n) is 1.87. The summed E-state index contributed by atoms with van der Waals surface area (Å²) in [7, 11) is -3.74. The molecule has 0 radical (unpaired) electrons. The fraction of sp³-hybridized carbons (Fsp3) is 0.231. The first kappa shape index (κ1) is 15.9. The molecule has 0 bridgehead atoms. The summed E-state index contributed by atoms with van der Waals surface area (Å²) < 4.78 is 53.7. The van der Waals surface area contributed by atoms with Crippen molar-refractivity contribution >= 4 is 27.0 Å². The maximum atomic E-state index is 13.5. The van der Waals surface area contributed by atoms with Crippen LogP contribution in [0, 0.1) is 11.6 Å². The predicted molar refractivity (Wildman–Crippen MR) is 78.6 cm³/mol. The molecule has 0 aliphatic heterocycles. The molecular formula is C13H14F2N2O2S2. The number of hydrogen-bond acceptors (Lipinski definition) is 4. The second kappa shape index (κ2) is 6.08. The van der Waals surface area contributed by atoms with Crippen LogP contribution < -0.4 is 10.5 Å². The lowest BCUT2D eigenvalue weighted by atomic mass is 10.1. The Morgan fingerprint density at radius 1 is 1.33 bits per heavy atom. The van der Waals surface area contributed by atoms with Gasteiger partial charge in [-0.1, -0.05) is 6.07 Å². The van der Waals surface area contributed by atoms with Gasteiger partial charge in [0.2, 0.25) is 10.0 Å². The largest absolute Gasteiger partial charge is 0.398 e. The standard InChI is InChI=1S/C13H14F2N2O2S2/c1-8(5-10-11(14)3-2-4-12(10)15)17-21(18,19)13-6-9(16)7-20-13/h2-4,6-8,17H,5,16H2,1H3. The second-order valence-electron chi connectivity index (χ2n) is 4.63. The van der Waals surface area contributed by atoms with Crippen molar-refractivity contribution in [2.45, 2.75) is 23.6 Å². The van der Waals surface area contributed by atoms with Crippen LogP contribution in [0.5, 0.6) is 0 Å². The predicted octanol–water partition coefficient (Wildman–Crippen LogP) is 2.52. The summed E-state index contributed by atoms with van der Waals surface area (Å²) in [6, 6.07) is 4.21. The van der Waals surface area contributed by atoms with Crippen LogP contribution in [0.3, 0.4) is 0 Å². The Hall–Kier alpha value is -1.51. The second-order valence-corrected chi connectivity index (χ2v) is 7.48. The van der Waals surface area contributed by atoms with E-state index in [2.05, 4.69) is 4.72 Å². The molecular weight excluding hydrogens is 318 g/mol. The Morgan fingerprint density at radius 2 is 1.95 bits per heavy atom. The molecule has 0 aliphatic rings. The van der Waals surface area contributed by atoms with Gasteiger partial charge >= 0.3 is 0 Å². The van der Waals surface area contributed by atoms with Crippen LogP contribution in [-0.2, 0) is 16.4 Å². The first-order chi connectivity index (χ1) is 9.79. The molecule has 2 aromatic rings. The average Bonchev–Trinajstić information content (AvgIpc) is 2.81. The van der Waals surface area contributed by atoms with Crippen LogP contribution in [0.1, 0.15) is 12.5 Å². The third-order valence-electron chi connectivity index (χ3n) is 2.79. The van der Waals surface area contributed by atoms with Crippen molar-refractivity contribution < 1.29 is 17.2 Å². The normalized spacial score (nSPS) is 13.3. The van der Waals surface area contributed by atoms with Crippen LogP contribution in [0.2, 0.25) is 0 Å². The third kappa shape index (κ3) is 3.78. The van der Waals surface area contributed by atoms with Crippen molar-refractivity contribution in [3.05, 3.63) is 46.8 Å². The topological polar surface area (TPSA) is 72.2 Å². The number of rotatable bonds is 5. The summed E-state index contributed by atoms with van der Waals surface area (Å²) in [4.78, 5) is 0. The van der Waals surface area contributed by atoms with E-state index in [1.807, 2.05) is 0 Å². The minimum atomic E-state index is -3.74. The summed E-state index contributed by atoms with van der Waals surface area (Å²) in [6.07, 6.45) is -0.0847. The van der Waals surface area contributed by atoms with Gasteiger partial charge in [-0.05, 0) is 31.5 Å². The van der Waals surface area contributed by atoms with E-state index in [0.717, 1.165) is 23.5 Å². The maximum absolute atomic E-state index is 13.5. The van der Waals surface area contributed by atoms with Crippen LogP contribution in [-0.4, -0.2) is 14.5 Å². The van der Waals surface area contributed by atoms with E-state index < -0.39 is 27.7 Å². The number of benzene rings is 1. The van der Waals surface area contributed by atoms with Crippen molar-refractivity contribution in [3.63, 3.8) is 0 Å². The number of nitrogens with one attached hydrogen (secondary N) is 1. The summed E-state index contributed by atoms with van der Waals surface area (Å²) >= 11 is 0.987. The molecule has 1 aromatic carbocycles. The SMILES string of the molecule is CC(Cc1c(F)cccc1F)NS(=O)(=O)c1cc(N)cs1. The fourth-order valence-corrected chi connectivity index (χ4v) is 4.21. The molecule has 114 valence electrons. The minimum Gasteiger partial charge on any atom is -0.398 e. The zero-order chi connectivity index (χ0) is 15.6. The Labute approximate surface area is 125 Å². The Balaban J connectivity index is 2.13. The van der Waals surface area contributed by atoms with Crippen LogP contribution in [0.25, 0.3) is 0 Å². The molecule has 3 N–H and O–H groups in total. The molecule has 21 heavy (non-hydrogen) atoms. The molecule has 4 nitrogen and oxygen atoms in total. The van der Waals surface area contributed by atoms with E-state index in [-0.39, 0.29) is 16.2 Å². The lowest BCUT2D eigenvalue weighted by Crippen LogP contribution is -2.34. The maximum Gasteiger partial charge on any atom is 0.250 e. The van der Waals surface area contributed by atoms with Crippen LogP contribution in [0.15, 0.2) is 33.9 Å². The summed E-state index contributed by atoms with van der Waals surface area (Å²) in [5.41, 5.74) is 5.70. The number of sulfonamides is 1. The summed E-state index contributed by atoms with van der Waals surface area (Å²) in [5.74, 6) is -1.39. The lowest BCUT2D eigenvalue weighted by Gasteiger charge is -2.14. The van der Waals surface area contributed by atoms with Gasteiger partial charge in [-0.2, -0.15) is 0 Å². The van der Waals surface area contributed by atoms with Crippen molar-refractivity contribution in [1.82, 2.24) is 4.72 Å². The van der Waals surface area contributed by atoms with Crippen molar-refractivity contribution in [2.24, 2.45) is 0 Å². The number of halogens is 2. The van der Waals surface area contributed by atoms with Gasteiger partial charge in [-0.3, -0.25) is 0 Å².